The van der Waals surface area contributed by atoms with E-state index in [2.05, 4.69) is 161 Å². The first kappa shape index (κ1) is 42.8. The molecule has 9 heteroatoms. The van der Waals surface area contributed by atoms with E-state index in [4.69, 9.17) is 25.2 Å². The van der Waals surface area contributed by atoms with Gasteiger partial charge in [-0.1, -0.05) is 97.1 Å². The summed E-state index contributed by atoms with van der Waals surface area (Å²) in [6.07, 6.45) is 12.4. The van der Waals surface area contributed by atoms with Gasteiger partial charge in [0.15, 0.2) is 12.5 Å². The van der Waals surface area contributed by atoms with Crippen LogP contribution in [0.3, 0.4) is 0 Å². The second-order valence-electron chi connectivity index (χ2n) is 19.5. The monoisotopic (exact) mass is 950 g/mol. The lowest BCUT2D eigenvalue weighted by molar-refractivity contribution is 0.233. The van der Waals surface area contributed by atoms with Crippen LogP contribution in [-0.2, 0) is 0 Å². The molecule has 0 radical (unpaired) electrons. The Hall–Kier alpha value is -9.08. The van der Waals surface area contributed by atoms with Gasteiger partial charge in [0, 0.05) is 46.7 Å². The molecular formula is C64H50N6O3. The zero-order chi connectivity index (χ0) is 48.6. The number of phenols is 1. The lowest BCUT2D eigenvalue weighted by Crippen LogP contribution is -2.32. The van der Waals surface area contributed by atoms with Crippen LogP contribution in [0.5, 0.6) is 17.2 Å². The normalized spacial score (nSPS) is 20.8. The molecule has 7 heterocycles. The fraction of sp³-hybridized carbons (Fsp3) is 0.125. The molecule has 6 unspecified atom stereocenters. The fourth-order valence-corrected chi connectivity index (χ4v) is 12.2. The third kappa shape index (κ3) is 7.13. The average molecular weight is 951 g/mol. The number of rotatable bonds is 8. The Morgan fingerprint density at radius 1 is 0.493 bits per heavy atom. The zero-order valence-corrected chi connectivity index (χ0v) is 39.8. The van der Waals surface area contributed by atoms with Crippen molar-refractivity contribution in [3.63, 3.8) is 0 Å². The van der Waals surface area contributed by atoms with Gasteiger partial charge >= 0.3 is 0 Å². The largest absolute Gasteiger partial charge is 0.508 e. The molecule has 0 aliphatic carbocycles. The van der Waals surface area contributed by atoms with Gasteiger partial charge in [0.25, 0.3) is 0 Å². The van der Waals surface area contributed by atoms with E-state index in [1.54, 1.807) is 6.20 Å². The minimum absolute atomic E-state index is 0.0113. The molecule has 5 aliphatic rings. The number of hydrogen-bond donors (Lipinski definition) is 3. The highest BCUT2D eigenvalue weighted by Gasteiger charge is 2.49. The molecule has 0 saturated heterocycles. The molecule has 7 aromatic carbocycles. The average Bonchev–Trinajstić information content (AvgIpc) is 4.15. The third-order valence-electron chi connectivity index (χ3n) is 15.5. The van der Waals surface area contributed by atoms with E-state index < -0.39 is 0 Å². The predicted octanol–water partition coefficient (Wildman–Crippen LogP) is 13.9. The van der Waals surface area contributed by atoms with Crippen molar-refractivity contribution in [2.24, 2.45) is 5.73 Å². The summed E-state index contributed by atoms with van der Waals surface area (Å²) in [6, 6.07) is 64.3. The molecule has 73 heavy (non-hydrogen) atoms. The SMILES string of the molecule is N/C=C\C=C/C1CCC(c2cc(-c3cc(-c4ccc5c(c4)C4c6ccccc6OC4N5c4ccccn4)cc(-c4ccc5c(c4)C4c6ccccc6OC4N5c4ccccn4)c3)ccc2O)c2ccccc2N1. The highest BCUT2D eigenvalue weighted by Crippen LogP contribution is 2.57. The quantitative estimate of drug-likeness (QED) is 0.128. The highest BCUT2D eigenvalue weighted by atomic mass is 16.5. The van der Waals surface area contributed by atoms with Gasteiger partial charge in [-0.3, -0.25) is 9.80 Å². The number of nitrogens with zero attached hydrogens (tertiary/aromatic N) is 4. The minimum atomic E-state index is -0.265. The van der Waals surface area contributed by atoms with Crippen LogP contribution >= 0.6 is 0 Å². The first-order valence-corrected chi connectivity index (χ1v) is 25.2. The van der Waals surface area contributed by atoms with E-state index in [0.717, 1.165) is 97.5 Å². The number of nitrogens with one attached hydrogen (secondary N) is 1. The zero-order valence-electron chi connectivity index (χ0n) is 39.8. The molecule has 354 valence electrons. The van der Waals surface area contributed by atoms with Crippen LogP contribution in [0.4, 0.5) is 28.7 Å². The van der Waals surface area contributed by atoms with Crippen molar-refractivity contribution >= 4 is 28.7 Å². The topological polar surface area (TPSA) is 109 Å². The van der Waals surface area contributed by atoms with Crippen LogP contribution in [0.2, 0.25) is 0 Å². The first-order chi connectivity index (χ1) is 36.1. The molecule has 5 aliphatic heterocycles. The lowest BCUT2D eigenvalue weighted by atomic mass is 9.84. The summed E-state index contributed by atoms with van der Waals surface area (Å²) in [5, 5.41) is 15.6. The van der Waals surface area contributed by atoms with Crippen LogP contribution in [-0.4, -0.2) is 33.6 Å². The summed E-state index contributed by atoms with van der Waals surface area (Å²) in [4.78, 5) is 14.1. The number of pyridine rings is 2. The van der Waals surface area contributed by atoms with Gasteiger partial charge in [-0.15, -0.1) is 0 Å². The van der Waals surface area contributed by atoms with Crippen LogP contribution < -0.4 is 30.3 Å². The Morgan fingerprint density at radius 2 is 1.00 bits per heavy atom. The first-order valence-electron chi connectivity index (χ1n) is 25.2. The van der Waals surface area contributed by atoms with Crippen molar-refractivity contribution in [1.29, 1.82) is 0 Å². The Balaban J connectivity index is 0.928. The number of hydrogen-bond acceptors (Lipinski definition) is 9. The van der Waals surface area contributed by atoms with Gasteiger partial charge in [-0.2, -0.15) is 0 Å². The smallest absolute Gasteiger partial charge is 0.188 e. The number of fused-ring (bicyclic) bond motifs is 11. The molecular weight excluding hydrogens is 901 g/mol. The van der Waals surface area contributed by atoms with Gasteiger partial charge in [-0.25, -0.2) is 9.97 Å². The minimum Gasteiger partial charge on any atom is -0.508 e. The van der Waals surface area contributed by atoms with Crippen molar-refractivity contribution in [2.75, 3.05) is 15.1 Å². The van der Waals surface area contributed by atoms with E-state index >= 15 is 0 Å². The maximum absolute atomic E-state index is 11.8. The van der Waals surface area contributed by atoms with Crippen LogP contribution in [0.25, 0.3) is 33.4 Å². The number of para-hydroxylation sites is 3. The summed E-state index contributed by atoms with van der Waals surface area (Å²) in [7, 11) is 0. The van der Waals surface area contributed by atoms with Crippen molar-refractivity contribution < 1.29 is 14.6 Å². The fourth-order valence-electron chi connectivity index (χ4n) is 12.2. The molecule has 0 spiro atoms. The molecule has 14 rings (SSSR count). The van der Waals surface area contributed by atoms with Gasteiger partial charge in [0.1, 0.15) is 28.9 Å². The molecule has 6 atom stereocenters. The maximum Gasteiger partial charge on any atom is 0.188 e. The maximum atomic E-state index is 11.8. The Morgan fingerprint density at radius 3 is 1.55 bits per heavy atom. The standard InChI is InChI=1S/C64H50N6O3/c65-30-10-7-13-45-25-26-46(47-14-1-4-17-53(47)68-45)50-36-41(24-29-56(50)71)44-34-42(39-22-27-54-51(37-39)61-48-15-2-5-18-57(48)72-63(61)69(54)59-20-8-11-31-66-59)33-43(35-44)40-23-28-55-52(38-40)62-49-16-3-6-19-58(49)73-64(62)70(55)60-21-9-12-32-67-60/h1-24,27-38,45-46,61-64,68,71H,25-26,65H2/b13-7-,30-10-. The number of allylic oxidation sites excluding steroid dienone is 2. The van der Waals surface area contributed by atoms with Crippen LogP contribution in [0.15, 0.2) is 219 Å². The Bertz CT molecular complexity index is 3500. The number of aromatic hydroxyl groups is 1. The van der Waals surface area contributed by atoms with Crippen molar-refractivity contribution in [3.8, 4) is 50.6 Å². The molecule has 0 bridgehead atoms. The third-order valence-corrected chi connectivity index (χ3v) is 15.5. The number of nitrogens with two attached hydrogens (primary N) is 1. The second kappa shape index (κ2) is 17.3. The lowest BCUT2D eigenvalue weighted by Gasteiger charge is -2.25. The number of phenolic OH excluding ortho intramolecular Hbond substituents is 1. The Labute approximate surface area is 424 Å². The highest BCUT2D eigenvalue weighted by molar-refractivity contribution is 5.86. The second-order valence-corrected chi connectivity index (χ2v) is 19.5. The predicted molar refractivity (Wildman–Crippen MR) is 290 cm³/mol. The molecule has 0 saturated carbocycles. The number of benzene rings is 7. The van der Waals surface area contributed by atoms with E-state index in [1.165, 1.54) is 22.3 Å². The summed E-state index contributed by atoms with van der Waals surface area (Å²) in [6.45, 7) is 0. The van der Waals surface area contributed by atoms with E-state index in [-0.39, 0.29) is 42.0 Å². The van der Waals surface area contributed by atoms with Gasteiger partial charge in [-0.05, 0) is 172 Å². The molecule has 9 nitrogen and oxygen atoms in total. The molecule has 0 amide bonds. The van der Waals surface area contributed by atoms with Gasteiger partial charge in [0.05, 0.1) is 23.2 Å². The van der Waals surface area contributed by atoms with Gasteiger partial charge < -0.3 is 25.6 Å². The number of anilines is 5. The molecule has 9 aromatic rings. The van der Waals surface area contributed by atoms with Crippen molar-refractivity contribution in [1.82, 2.24) is 9.97 Å². The van der Waals surface area contributed by atoms with Crippen molar-refractivity contribution in [3.05, 3.63) is 252 Å². The Kier molecular flexibility index (Phi) is 10.2. The summed E-state index contributed by atoms with van der Waals surface area (Å²) in [5.74, 6) is 3.73. The van der Waals surface area contributed by atoms with Gasteiger partial charge in [0.2, 0.25) is 0 Å². The molecule has 0 fully saturated rings. The van der Waals surface area contributed by atoms with E-state index in [1.807, 2.05) is 67.0 Å². The van der Waals surface area contributed by atoms with Crippen molar-refractivity contribution in [2.45, 2.75) is 49.1 Å². The summed E-state index contributed by atoms with van der Waals surface area (Å²) >= 11 is 0. The van der Waals surface area contributed by atoms with E-state index in [9.17, 15) is 5.11 Å². The molecule has 2 aromatic heterocycles. The number of aromatic nitrogens is 2. The van der Waals surface area contributed by atoms with Crippen LogP contribution in [0.1, 0.15) is 64.0 Å². The summed E-state index contributed by atoms with van der Waals surface area (Å²) in [5.41, 5.74) is 22.2. The molecule has 4 N–H and O–H groups in total. The summed E-state index contributed by atoms with van der Waals surface area (Å²) < 4.78 is 13.5. The number of ether oxygens (including phenoxy) is 2. The van der Waals surface area contributed by atoms with E-state index in [0.29, 0.717) is 0 Å². The van der Waals surface area contributed by atoms with Crippen LogP contribution in [0, 0.1) is 0 Å².